The van der Waals surface area contributed by atoms with Gasteiger partial charge in [-0.2, -0.15) is 0 Å². The third kappa shape index (κ3) is 2.52. The molecule has 0 spiro atoms. The molecule has 0 fully saturated rings. The first kappa shape index (κ1) is 12.1. The molecule has 2 aromatic rings. The van der Waals surface area contributed by atoms with Crippen LogP contribution >= 0.6 is 0 Å². The largest absolute Gasteiger partial charge is 0.506 e. The molecule has 0 aliphatic heterocycles. The molecule has 2 nitrogen and oxygen atoms in total. The molecule has 0 aliphatic rings. The minimum Gasteiger partial charge on any atom is -0.506 e. The number of alkyl halides is 1. The van der Waals surface area contributed by atoms with Crippen molar-refractivity contribution in [3.63, 3.8) is 0 Å². The second-order valence-electron chi connectivity index (χ2n) is 3.09. The zero-order valence-corrected chi connectivity index (χ0v) is 10.3. The number of pyridine rings is 1. The first-order valence-electron chi connectivity index (χ1n) is 4.45. The van der Waals surface area contributed by atoms with Crippen LogP contribution in [0.15, 0.2) is 30.3 Å². The molecule has 0 amide bonds. The number of phenolic OH excluding ortho intramolecular Hbond substituents is 1. The van der Waals surface area contributed by atoms with E-state index in [-0.39, 0.29) is 25.9 Å². The van der Waals surface area contributed by atoms with E-state index in [9.17, 15) is 9.50 Å². The normalized spacial score (nSPS) is 9.93. The molecule has 1 radical (unpaired) electrons. The standard InChI is InChI=1S/C11H10FNO.Ir/c12-7-6-9-5-4-8-2-1-3-10(14)11(8)13-9;/h1-5,14H,6-7H2;. The first-order chi connectivity index (χ1) is 6.81. The van der Waals surface area contributed by atoms with Gasteiger partial charge in [-0.1, -0.05) is 18.2 Å². The van der Waals surface area contributed by atoms with E-state index in [4.69, 9.17) is 0 Å². The molecule has 1 aromatic heterocycles. The molecule has 0 bridgehead atoms. The summed E-state index contributed by atoms with van der Waals surface area (Å²) < 4.78 is 12.1. The van der Waals surface area contributed by atoms with Gasteiger partial charge in [0.2, 0.25) is 0 Å². The van der Waals surface area contributed by atoms with Crippen molar-refractivity contribution in [3.05, 3.63) is 36.0 Å². The molecule has 1 heterocycles. The van der Waals surface area contributed by atoms with Gasteiger partial charge in [-0.3, -0.25) is 4.39 Å². The van der Waals surface area contributed by atoms with E-state index in [1.807, 2.05) is 12.1 Å². The molecule has 0 atom stereocenters. The Kier molecular flexibility index (Phi) is 4.18. The number of phenols is 1. The van der Waals surface area contributed by atoms with Crippen LogP contribution < -0.4 is 0 Å². The second-order valence-corrected chi connectivity index (χ2v) is 3.09. The predicted molar refractivity (Wildman–Crippen MR) is 53.1 cm³/mol. The van der Waals surface area contributed by atoms with Crippen molar-refractivity contribution in [1.29, 1.82) is 0 Å². The number of para-hydroxylation sites is 1. The minimum atomic E-state index is -0.425. The van der Waals surface area contributed by atoms with Crippen LogP contribution in [0.3, 0.4) is 0 Å². The van der Waals surface area contributed by atoms with Crippen LogP contribution in [0.5, 0.6) is 5.75 Å². The van der Waals surface area contributed by atoms with Crippen LogP contribution in [0.1, 0.15) is 5.69 Å². The van der Waals surface area contributed by atoms with Gasteiger partial charge in [-0.15, -0.1) is 0 Å². The predicted octanol–water partition coefficient (Wildman–Crippen LogP) is 2.45. The average molecular weight is 383 g/mol. The van der Waals surface area contributed by atoms with Crippen LogP contribution in [0.25, 0.3) is 10.9 Å². The Morgan fingerprint density at radius 3 is 2.73 bits per heavy atom. The van der Waals surface area contributed by atoms with Crippen molar-refractivity contribution in [2.45, 2.75) is 6.42 Å². The van der Waals surface area contributed by atoms with Gasteiger partial charge in [-0.05, 0) is 12.1 Å². The number of rotatable bonds is 2. The number of aromatic hydroxyl groups is 1. The van der Waals surface area contributed by atoms with Crippen molar-refractivity contribution < 1.29 is 29.6 Å². The van der Waals surface area contributed by atoms with Gasteiger partial charge >= 0.3 is 0 Å². The van der Waals surface area contributed by atoms with E-state index >= 15 is 0 Å². The van der Waals surface area contributed by atoms with Gasteiger partial charge in [0.05, 0.1) is 6.67 Å². The summed E-state index contributed by atoms with van der Waals surface area (Å²) in [5, 5.41) is 10.4. The van der Waals surface area contributed by atoms with Crippen LogP contribution in [0.4, 0.5) is 4.39 Å². The summed E-state index contributed by atoms with van der Waals surface area (Å²) in [5.74, 6) is 0.142. The van der Waals surface area contributed by atoms with E-state index in [1.165, 1.54) is 0 Å². The van der Waals surface area contributed by atoms with Gasteiger partial charge in [0.1, 0.15) is 11.3 Å². The van der Waals surface area contributed by atoms with Gasteiger partial charge in [0.25, 0.3) is 0 Å². The summed E-state index contributed by atoms with van der Waals surface area (Å²) in [7, 11) is 0. The Balaban J connectivity index is 0.00000112. The van der Waals surface area contributed by atoms with E-state index < -0.39 is 6.67 Å². The van der Waals surface area contributed by atoms with Gasteiger partial charge in [-0.25, -0.2) is 4.98 Å². The first-order valence-corrected chi connectivity index (χ1v) is 4.45. The van der Waals surface area contributed by atoms with E-state index in [0.29, 0.717) is 17.6 Å². The number of hydrogen-bond donors (Lipinski definition) is 1. The number of fused-ring (bicyclic) bond motifs is 1. The van der Waals surface area contributed by atoms with Gasteiger partial charge < -0.3 is 5.11 Å². The van der Waals surface area contributed by atoms with Crippen LogP contribution in [0.2, 0.25) is 0 Å². The fraction of sp³-hybridized carbons (Fsp3) is 0.182. The zero-order valence-electron chi connectivity index (χ0n) is 7.91. The van der Waals surface area contributed by atoms with Crippen molar-refractivity contribution >= 4 is 10.9 Å². The minimum absolute atomic E-state index is 0. The monoisotopic (exact) mass is 384 g/mol. The Morgan fingerprint density at radius 2 is 2.00 bits per heavy atom. The topological polar surface area (TPSA) is 33.1 Å². The molecule has 15 heavy (non-hydrogen) atoms. The molecular formula is C11H10FIrNO. The van der Waals surface area contributed by atoms with E-state index in [1.54, 1.807) is 18.2 Å². The Morgan fingerprint density at radius 1 is 1.20 bits per heavy atom. The van der Waals surface area contributed by atoms with Crippen molar-refractivity contribution in [2.24, 2.45) is 0 Å². The quantitative estimate of drug-likeness (QED) is 0.864. The van der Waals surface area contributed by atoms with Gasteiger partial charge in [0, 0.05) is 37.6 Å². The fourth-order valence-electron chi connectivity index (χ4n) is 1.41. The third-order valence-corrected chi connectivity index (χ3v) is 2.11. The van der Waals surface area contributed by atoms with Crippen LogP contribution in [0, 0.1) is 0 Å². The average Bonchev–Trinajstić information content (AvgIpc) is 2.20. The van der Waals surface area contributed by atoms with Crippen molar-refractivity contribution in [1.82, 2.24) is 4.98 Å². The molecule has 0 unspecified atom stereocenters. The van der Waals surface area contributed by atoms with E-state index in [2.05, 4.69) is 4.98 Å². The molecule has 1 N–H and O–H groups in total. The smallest absolute Gasteiger partial charge is 0.141 e. The summed E-state index contributed by atoms with van der Waals surface area (Å²) in [4.78, 5) is 4.17. The number of hydrogen-bond acceptors (Lipinski definition) is 2. The fourth-order valence-corrected chi connectivity index (χ4v) is 1.41. The molecule has 0 saturated carbocycles. The van der Waals surface area contributed by atoms with Crippen molar-refractivity contribution in [3.8, 4) is 5.75 Å². The van der Waals surface area contributed by atoms with E-state index in [0.717, 1.165) is 5.39 Å². The number of halogens is 1. The summed E-state index contributed by atoms with van der Waals surface area (Å²) in [6.07, 6.45) is 0.296. The Labute approximate surface area is 101 Å². The number of benzene rings is 1. The molecular weight excluding hydrogens is 373 g/mol. The summed E-state index contributed by atoms with van der Waals surface area (Å²) >= 11 is 0. The zero-order chi connectivity index (χ0) is 9.97. The number of aromatic nitrogens is 1. The Hall–Kier alpha value is -0.991. The molecule has 0 saturated heterocycles. The summed E-state index contributed by atoms with van der Waals surface area (Å²) in [6, 6.07) is 8.82. The number of aryl methyl sites for hydroxylation is 1. The number of nitrogens with zero attached hydrogens (tertiary/aromatic N) is 1. The maximum absolute atomic E-state index is 12.1. The molecule has 4 heteroatoms. The van der Waals surface area contributed by atoms with Gasteiger partial charge in [0.15, 0.2) is 0 Å². The van der Waals surface area contributed by atoms with Crippen LogP contribution in [-0.4, -0.2) is 16.8 Å². The van der Waals surface area contributed by atoms with Crippen LogP contribution in [-0.2, 0) is 26.5 Å². The molecule has 0 aliphatic carbocycles. The second kappa shape index (κ2) is 5.19. The van der Waals surface area contributed by atoms with Crippen molar-refractivity contribution in [2.75, 3.05) is 6.67 Å². The maximum atomic E-state index is 12.1. The SMILES string of the molecule is Oc1cccc2ccc(CCF)nc12.[Ir]. The third-order valence-electron chi connectivity index (χ3n) is 2.11. The molecule has 1 aromatic carbocycles. The molecule has 2 rings (SSSR count). The summed E-state index contributed by atoms with van der Waals surface area (Å²) in [5.41, 5.74) is 1.21. The Bertz CT molecular complexity index is 461. The summed E-state index contributed by atoms with van der Waals surface area (Å²) in [6.45, 7) is -0.425. The maximum Gasteiger partial charge on any atom is 0.141 e. The molecule has 81 valence electrons.